The zero-order valence-electron chi connectivity index (χ0n) is 15.9. The number of hydrogen-bond acceptors (Lipinski definition) is 5. The van der Waals surface area contributed by atoms with Crippen molar-refractivity contribution >= 4 is 33.2 Å². The zero-order valence-corrected chi connectivity index (χ0v) is 17.5. The number of carbonyl (C=O) groups excluding carboxylic acids is 1. The van der Waals surface area contributed by atoms with Crippen molar-refractivity contribution in [3.05, 3.63) is 59.1 Å². The molecule has 0 atom stereocenters. The van der Waals surface area contributed by atoms with Crippen LogP contribution in [0.5, 0.6) is 0 Å². The molecule has 0 spiro atoms. The van der Waals surface area contributed by atoms with Crippen LogP contribution >= 0.6 is 11.6 Å². The summed E-state index contributed by atoms with van der Waals surface area (Å²) in [4.78, 5) is 14.4. The van der Waals surface area contributed by atoms with Gasteiger partial charge in [-0.25, -0.2) is 13.2 Å². The van der Waals surface area contributed by atoms with Crippen LogP contribution in [0.15, 0.2) is 53.4 Å². The van der Waals surface area contributed by atoms with Crippen LogP contribution in [0, 0.1) is 0 Å². The molecule has 7 nitrogen and oxygen atoms in total. The fourth-order valence-corrected chi connectivity index (χ4v) is 4.31. The van der Waals surface area contributed by atoms with E-state index in [2.05, 4.69) is 15.5 Å². The second-order valence-electron chi connectivity index (χ2n) is 6.73. The second-order valence-corrected chi connectivity index (χ2v) is 9.28. The molecule has 0 unspecified atom stereocenters. The Morgan fingerprint density at radius 1 is 1.03 bits per heavy atom. The van der Waals surface area contributed by atoms with E-state index in [1.54, 1.807) is 24.3 Å². The van der Waals surface area contributed by atoms with E-state index >= 15 is 0 Å². The number of morpholine rings is 1. The van der Waals surface area contributed by atoms with Crippen molar-refractivity contribution in [2.45, 2.75) is 11.4 Å². The number of nitrogens with one attached hydrogen (secondary N) is 2. The number of benzene rings is 2. The molecule has 0 bridgehead atoms. The number of halogens is 1. The maximum atomic E-state index is 12.5. The molecule has 0 radical (unpaired) electrons. The molecule has 1 heterocycles. The minimum absolute atomic E-state index is 0.0569. The highest BCUT2D eigenvalue weighted by Crippen LogP contribution is 2.16. The summed E-state index contributed by atoms with van der Waals surface area (Å²) in [6, 6.07) is 13.0. The topological polar surface area (TPSA) is 87.7 Å². The van der Waals surface area contributed by atoms with E-state index in [0.717, 1.165) is 18.7 Å². The van der Waals surface area contributed by atoms with Gasteiger partial charge in [0.05, 0.1) is 23.9 Å². The molecular formula is C20H24ClN3O4S. The fraction of sp³-hybridized carbons (Fsp3) is 0.350. The number of nitrogens with zero attached hydrogens (tertiary/aromatic N) is 1. The average molecular weight is 438 g/mol. The van der Waals surface area contributed by atoms with Crippen molar-refractivity contribution in [1.82, 2.24) is 10.2 Å². The third-order valence-electron chi connectivity index (χ3n) is 4.62. The SMILES string of the molecule is O=C(NCc1ccc(Cl)cc1)Nc1ccc(S(=O)(=O)CCN2CCOCC2)cc1. The maximum absolute atomic E-state index is 12.5. The van der Waals surface area contributed by atoms with Crippen LogP contribution in [0.1, 0.15) is 5.56 Å². The first-order chi connectivity index (χ1) is 13.9. The normalized spacial score (nSPS) is 15.1. The molecule has 2 aromatic carbocycles. The Hall–Kier alpha value is -2.13. The number of carbonyl (C=O) groups is 1. The lowest BCUT2D eigenvalue weighted by atomic mass is 10.2. The van der Waals surface area contributed by atoms with Crippen LogP contribution < -0.4 is 10.6 Å². The van der Waals surface area contributed by atoms with Gasteiger partial charge in [-0.2, -0.15) is 0 Å². The van der Waals surface area contributed by atoms with Crippen molar-refractivity contribution in [2.75, 3.05) is 43.9 Å². The smallest absolute Gasteiger partial charge is 0.319 e. The van der Waals surface area contributed by atoms with Crippen molar-refractivity contribution in [3.8, 4) is 0 Å². The monoisotopic (exact) mass is 437 g/mol. The van der Waals surface area contributed by atoms with Gasteiger partial charge < -0.3 is 15.4 Å². The summed E-state index contributed by atoms with van der Waals surface area (Å²) in [6.07, 6.45) is 0. The molecule has 1 aliphatic heterocycles. The largest absolute Gasteiger partial charge is 0.379 e. The molecule has 9 heteroatoms. The van der Waals surface area contributed by atoms with Gasteiger partial charge in [-0.15, -0.1) is 0 Å². The Labute approximate surface area is 175 Å². The summed E-state index contributed by atoms with van der Waals surface area (Å²) in [7, 11) is -3.38. The molecular weight excluding hydrogens is 414 g/mol. The van der Waals surface area contributed by atoms with Gasteiger partial charge in [0.25, 0.3) is 0 Å². The van der Waals surface area contributed by atoms with Crippen LogP contribution in [0.2, 0.25) is 5.02 Å². The average Bonchev–Trinajstić information content (AvgIpc) is 2.73. The summed E-state index contributed by atoms with van der Waals surface area (Å²) in [5, 5.41) is 6.07. The van der Waals surface area contributed by atoms with Crippen molar-refractivity contribution in [1.29, 1.82) is 0 Å². The van der Waals surface area contributed by atoms with Crippen LogP contribution in [0.25, 0.3) is 0 Å². The van der Waals surface area contributed by atoms with Crippen LogP contribution in [-0.4, -0.2) is 57.9 Å². The number of ether oxygens (including phenoxy) is 1. The highest BCUT2D eigenvalue weighted by Gasteiger charge is 2.18. The van der Waals surface area contributed by atoms with Gasteiger partial charge in [0.15, 0.2) is 9.84 Å². The third-order valence-corrected chi connectivity index (χ3v) is 6.58. The van der Waals surface area contributed by atoms with E-state index in [1.807, 2.05) is 12.1 Å². The van der Waals surface area contributed by atoms with Gasteiger partial charge in [-0.05, 0) is 42.0 Å². The van der Waals surface area contributed by atoms with E-state index in [0.29, 0.717) is 37.0 Å². The van der Waals surface area contributed by atoms with Crippen molar-refractivity contribution in [3.63, 3.8) is 0 Å². The first-order valence-corrected chi connectivity index (χ1v) is 11.4. The standard InChI is InChI=1S/C20H24ClN3O4S/c21-17-3-1-16(2-4-17)15-22-20(25)23-18-5-7-19(8-6-18)29(26,27)14-11-24-9-12-28-13-10-24/h1-8H,9-15H2,(H2,22,23,25). The highest BCUT2D eigenvalue weighted by atomic mass is 35.5. The first kappa shape index (κ1) is 21.6. The lowest BCUT2D eigenvalue weighted by molar-refractivity contribution is 0.0408. The molecule has 1 fully saturated rings. The fourth-order valence-electron chi connectivity index (χ4n) is 2.90. The Morgan fingerprint density at radius 2 is 1.69 bits per heavy atom. The van der Waals surface area contributed by atoms with E-state index < -0.39 is 9.84 Å². The second kappa shape index (κ2) is 10.1. The maximum Gasteiger partial charge on any atom is 0.319 e. The Morgan fingerprint density at radius 3 is 2.34 bits per heavy atom. The molecule has 1 aliphatic rings. The molecule has 2 amide bonds. The molecule has 2 aromatic rings. The summed E-state index contributed by atoms with van der Waals surface area (Å²) in [5.74, 6) is 0.0569. The molecule has 0 saturated carbocycles. The summed E-state index contributed by atoms with van der Waals surface area (Å²) >= 11 is 5.84. The van der Waals surface area contributed by atoms with Gasteiger partial charge in [-0.1, -0.05) is 23.7 Å². The number of rotatable bonds is 7. The highest BCUT2D eigenvalue weighted by molar-refractivity contribution is 7.91. The van der Waals surface area contributed by atoms with Gasteiger partial charge >= 0.3 is 6.03 Å². The number of amides is 2. The van der Waals surface area contributed by atoms with Gasteiger partial charge in [0.1, 0.15) is 0 Å². The Balaban J connectivity index is 1.49. The molecule has 29 heavy (non-hydrogen) atoms. The summed E-state index contributed by atoms with van der Waals surface area (Å²) < 4.78 is 30.3. The van der Waals surface area contributed by atoms with Crippen LogP contribution in [0.4, 0.5) is 10.5 Å². The quantitative estimate of drug-likeness (QED) is 0.695. The number of anilines is 1. The predicted molar refractivity (Wildman–Crippen MR) is 113 cm³/mol. The van der Waals surface area contributed by atoms with Gasteiger partial charge in [0.2, 0.25) is 0 Å². The molecule has 3 rings (SSSR count). The van der Waals surface area contributed by atoms with Gasteiger partial charge in [-0.3, -0.25) is 4.90 Å². The van der Waals surface area contributed by atoms with E-state index in [-0.39, 0.29) is 16.7 Å². The lowest BCUT2D eigenvalue weighted by Crippen LogP contribution is -2.39. The molecule has 2 N–H and O–H groups in total. The molecule has 156 valence electrons. The third kappa shape index (κ3) is 6.71. The molecule has 0 aromatic heterocycles. The number of sulfone groups is 1. The minimum atomic E-state index is -3.38. The molecule has 1 saturated heterocycles. The van der Waals surface area contributed by atoms with E-state index in [4.69, 9.17) is 16.3 Å². The predicted octanol–water partition coefficient (Wildman–Crippen LogP) is 2.77. The molecule has 0 aliphatic carbocycles. The number of hydrogen-bond donors (Lipinski definition) is 2. The first-order valence-electron chi connectivity index (χ1n) is 9.35. The zero-order chi connectivity index (χ0) is 20.7. The van der Waals surface area contributed by atoms with E-state index in [9.17, 15) is 13.2 Å². The minimum Gasteiger partial charge on any atom is -0.379 e. The summed E-state index contributed by atoms with van der Waals surface area (Å²) in [6.45, 7) is 3.63. The summed E-state index contributed by atoms with van der Waals surface area (Å²) in [5.41, 5.74) is 1.44. The van der Waals surface area contributed by atoms with Crippen molar-refractivity contribution < 1.29 is 17.9 Å². The van der Waals surface area contributed by atoms with Gasteiger partial charge in [0, 0.05) is 36.9 Å². The van der Waals surface area contributed by atoms with Crippen LogP contribution in [0.3, 0.4) is 0 Å². The van der Waals surface area contributed by atoms with Crippen molar-refractivity contribution in [2.24, 2.45) is 0 Å². The number of urea groups is 1. The van der Waals surface area contributed by atoms with E-state index in [1.165, 1.54) is 12.1 Å². The Bertz CT molecular complexity index is 912. The Kier molecular flexibility index (Phi) is 7.49. The van der Waals surface area contributed by atoms with Crippen LogP contribution in [-0.2, 0) is 21.1 Å². The lowest BCUT2D eigenvalue weighted by Gasteiger charge is -2.26.